The lowest BCUT2D eigenvalue weighted by Gasteiger charge is -2.31. The molecule has 0 saturated carbocycles. The van der Waals surface area contributed by atoms with Gasteiger partial charge in [-0.1, -0.05) is 24.3 Å². The summed E-state index contributed by atoms with van der Waals surface area (Å²) < 4.78 is 0. The van der Waals surface area contributed by atoms with Gasteiger partial charge >= 0.3 is 11.9 Å². The lowest BCUT2D eigenvalue weighted by molar-refractivity contribution is 0.0695. The minimum Gasteiger partial charge on any atom is -0.478 e. The van der Waals surface area contributed by atoms with Gasteiger partial charge in [-0.2, -0.15) is 0 Å². The summed E-state index contributed by atoms with van der Waals surface area (Å²) in [6, 6.07) is 2.68. The number of allylic oxidation sites excluding steroid dienone is 4. The number of alkyl halides is 1. The molecule has 0 heterocycles. The van der Waals surface area contributed by atoms with E-state index in [4.69, 9.17) is 11.6 Å². The lowest BCUT2D eigenvalue weighted by atomic mass is 9.80. The van der Waals surface area contributed by atoms with Crippen molar-refractivity contribution in [2.24, 2.45) is 0 Å². The summed E-state index contributed by atoms with van der Waals surface area (Å²) in [5.74, 6) is -2.60. The Balaban J connectivity index is 2.68. The Morgan fingerprint density at radius 2 is 1.86 bits per heavy atom. The van der Waals surface area contributed by atoms with E-state index in [0.29, 0.717) is 11.1 Å². The summed E-state index contributed by atoms with van der Waals surface area (Å²) in [7, 11) is 0. The molecule has 2 atom stereocenters. The van der Waals surface area contributed by atoms with Crippen LogP contribution >= 0.6 is 11.6 Å². The second-order valence-electron chi connectivity index (χ2n) is 5.22. The van der Waals surface area contributed by atoms with Gasteiger partial charge in [0.1, 0.15) is 0 Å². The van der Waals surface area contributed by atoms with Gasteiger partial charge in [-0.3, -0.25) is 0 Å². The Morgan fingerprint density at radius 3 is 2.38 bits per heavy atom. The van der Waals surface area contributed by atoms with Crippen molar-refractivity contribution in [2.45, 2.75) is 24.6 Å². The zero-order valence-electron chi connectivity index (χ0n) is 11.6. The highest BCUT2D eigenvalue weighted by molar-refractivity contribution is 6.26. The third-order valence-electron chi connectivity index (χ3n) is 3.71. The predicted octanol–water partition coefficient (Wildman–Crippen LogP) is 3.60. The van der Waals surface area contributed by atoms with Gasteiger partial charge in [0.15, 0.2) is 0 Å². The van der Waals surface area contributed by atoms with Crippen molar-refractivity contribution in [3.8, 4) is 0 Å². The van der Waals surface area contributed by atoms with Gasteiger partial charge in [0, 0.05) is 5.92 Å². The molecular weight excluding hydrogens is 292 g/mol. The number of carboxylic acids is 2. The molecule has 0 aliphatic heterocycles. The van der Waals surface area contributed by atoms with Crippen LogP contribution in [0.2, 0.25) is 0 Å². The minimum atomic E-state index is -1.16. The van der Waals surface area contributed by atoms with Gasteiger partial charge in [-0.05, 0) is 37.1 Å². The SMILES string of the molecule is Cc1c(C(=O)O)cc(C(=O)O)cc1C1C=CC=CC1(C)Cl. The molecular formula is C16H15ClO4. The van der Waals surface area contributed by atoms with Gasteiger partial charge in [0.05, 0.1) is 16.0 Å². The highest BCUT2D eigenvalue weighted by Gasteiger charge is 2.33. The molecule has 0 fully saturated rings. The normalized spacial score (nSPS) is 24.0. The molecule has 2 unspecified atom stereocenters. The maximum atomic E-state index is 11.3. The third-order valence-corrected chi connectivity index (χ3v) is 4.07. The number of carboxylic acid groups (broad SMARTS) is 2. The summed E-state index contributed by atoms with van der Waals surface area (Å²) >= 11 is 6.48. The highest BCUT2D eigenvalue weighted by atomic mass is 35.5. The number of hydrogen-bond acceptors (Lipinski definition) is 2. The van der Waals surface area contributed by atoms with Crippen LogP contribution in [0.15, 0.2) is 36.4 Å². The Labute approximate surface area is 127 Å². The smallest absolute Gasteiger partial charge is 0.335 e. The molecule has 0 bridgehead atoms. The predicted molar refractivity (Wildman–Crippen MR) is 80.4 cm³/mol. The van der Waals surface area contributed by atoms with E-state index in [1.807, 2.05) is 31.2 Å². The second kappa shape index (κ2) is 5.37. The average molecular weight is 307 g/mol. The Kier molecular flexibility index (Phi) is 3.92. The largest absolute Gasteiger partial charge is 0.478 e. The lowest BCUT2D eigenvalue weighted by Crippen LogP contribution is -2.26. The van der Waals surface area contributed by atoms with E-state index in [2.05, 4.69) is 0 Å². The summed E-state index contributed by atoms with van der Waals surface area (Å²) in [4.78, 5) is 21.8. The quantitative estimate of drug-likeness (QED) is 0.837. The van der Waals surface area contributed by atoms with Crippen LogP contribution in [0.4, 0.5) is 0 Å². The molecule has 1 aromatic rings. The van der Waals surface area contributed by atoms with Crippen LogP contribution in [0.5, 0.6) is 0 Å². The minimum absolute atomic E-state index is 0.0136. The van der Waals surface area contributed by atoms with Crippen molar-refractivity contribution in [2.75, 3.05) is 0 Å². The van der Waals surface area contributed by atoms with Crippen LogP contribution in [0, 0.1) is 6.92 Å². The summed E-state index contributed by atoms with van der Waals surface area (Å²) in [5, 5.41) is 18.4. The number of rotatable bonds is 3. The zero-order valence-corrected chi connectivity index (χ0v) is 12.4. The van der Waals surface area contributed by atoms with Crippen LogP contribution in [0.1, 0.15) is 44.7 Å². The van der Waals surface area contributed by atoms with Crippen LogP contribution in [0.25, 0.3) is 0 Å². The standard InChI is InChI=1S/C16H15ClO4/c1-9-11(13-5-3-4-6-16(13,2)17)7-10(14(18)19)8-12(9)15(20)21/h3-8,13H,1-2H3,(H,18,19)(H,20,21). The Hall–Kier alpha value is -2.07. The molecule has 0 saturated heterocycles. The second-order valence-corrected chi connectivity index (χ2v) is 6.04. The molecule has 0 amide bonds. The summed E-state index contributed by atoms with van der Waals surface area (Å²) in [5.41, 5.74) is 1.08. The molecule has 0 aromatic heterocycles. The van der Waals surface area contributed by atoms with E-state index in [-0.39, 0.29) is 17.0 Å². The Bertz CT molecular complexity index is 671. The van der Waals surface area contributed by atoms with E-state index < -0.39 is 16.8 Å². The van der Waals surface area contributed by atoms with Crippen molar-refractivity contribution in [3.63, 3.8) is 0 Å². The van der Waals surface area contributed by atoms with E-state index in [9.17, 15) is 19.8 Å². The fourth-order valence-corrected chi connectivity index (χ4v) is 2.79. The first-order valence-electron chi connectivity index (χ1n) is 6.40. The number of halogens is 1. The van der Waals surface area contributed by atoms with E-state index in [1.54, 1.807) is 6.92 Å². The van der Waals surface area contributed by atoms with Crippen molar-refractivity contribution in [3.05, 3.63) is 58.7 Å². The maximum absolute atomic E-state index is 11.3. The van der Waals surface area contributed by atoms with Gasteiger partial charge in [-0.25, -0.2) is 9.59 Å². The molecule has 0 radical (unpaired) electrons. The molecule has 5 heteroatoms. The monoisotopic (exact) mass is 306 g/mol. The van der Waals surface area contributed by atoms with Crippen LogP contribution in [0.3, 0.4) is 0 Å². The fourth-order valence-electron chi connectivity index (χ4n) is 2.52. The number of carbonyl (C=O) groups is 2. The molecule has 21 heavy (non-hydrogen) atoms. The first-order chi connectivity index (χ1) is 9.74. The van der Waals surface area contributed by atoms with Gasteiger partial charge in [0.25, 0.3) is 0 Å². The average Bonchev–Trinajstić information content (AvgIpc) is 2.38. The van der Waals surface area contributed by atoms with Crippen molar-refractivity contribution >= 4 is 23.5 Å². The van der Waals surface area contributed by atoms with Crippen LogP contribution in [-0.2, 0) is 0 Å². The van der Waals surface area contributed by atoms with E-state index >= 15 is 0 Å². The van der Waals surface area contributed by atoms with E-state index in [1.165, 1.54) is 12.1 Å². The fraction of sp³-hybridized carbons (Fsp3) is 0.250. The van der Waals surface area contributed by atoms with Crippen LogP contribution < -0.4 is 0 Å². The first-order valence-corrected chi connectivity index (χ1v) is 6.78. The van der Waals surface area contributed by atoms with E-state index in [0.717, 1.165) is 0 Å². The topological polar surface area (TPSA) is 74.6 Å². The molecule has 1 aliphatic rings. The third kappa shape index (κ3) is 2.85. The molecule has 110 valence electrons. The molecule has 0 spiro atoms. The molecule has 2 rings (SSSR count). The van der Waals surface area contributed by atoms with Crippen molar-refractivity contribution < 1.29 is 19.8 Å². The van der Waals surface area contributed by atoms with Crippen molar-refractivity contribution in [1.29, 1.82) is 0 Å². The molecule has 1 aliphatic carbocycles. The van der Waals surface area contributed by atoms with Crippen molar-refractivity contribution in [1.82, 2.24) is 0 Å². The Morgan fingerprint density at radius 1 is 1.19 bits per heavy atom. The van der Waals surface area contributed by atoms with Crippen LogP contribution in [-0.4, -0.2) is 27.0 Å². The molecule has 1 aromatic carbocycles. The highest BCUT2D eigenvalue weighted by Crippen LogP contribution is 2.40. The maximum Gasteiger partial charge on any atom is 0.335 e. The molecule has 2 N–H and O–H groups in total. The molecule has 4 nitrogen and oxygen atoms in total. The number of hydrogen-bond donors (Lipinski definition) is 2. The van der Waals surface area contributed by atoms with Gasteiger partial charge in [0.2, 0.25) is 0 Å². The van der Waals surface area contributed by atoms with Gasteiger partial charge in [-0.15, -0.1) is 11.6 Å². The van der Waals surface area contributed by atoms with Gasteiger partial charge < -0.3 is 10.2 Å². The first kappa shape index (κ1) is 15.3. The zero-order chi connectivity index (χ0) is 15.8. The number of aromatic carboxylic acids is 2. The number of benzene rings is 1. The summed E-state index contributed by atoms with van der Waals surface area (Å²) in [6.07, 6.45) is 7.30. The summed E-state index contributed by atoms with van der Waals surface area (Å²) in [6.45, 7) is 3.48.